The molecule has 3 N–H and O–H groups in total. The van der Waals surface area contributed by atoms with Gasteiger partial charge in [-0.15, -0.1) is 0 Å². The van der Waals surface area contributed by atoms with E-state index in [9.17, 15) is 4.79 Å². The van der Waals surface area contributed by atoms with Gasteiger partial charge < -0.3 is 20.7 Å². The molecule has 1 heterocycles. The van der Waals surface area contributed by atoms with Crippen LogP contribution in [0.1, 0.15) is 51.9 Å². The molecule has 5 heteroatoms. The standard InChI is InChI=1S/C17H31N3O2/c1-16(8-4-13(22-2)5-9-16)11-19-15(21)20-10-14(18)17(12-20)6-3-7-17/h13-14H,3-12,18H2,1-2H3,(H,19,21). The summed E-state index contributed by atoms with van der Waals surface area (Å²) in [4.78, 5) is 14.4. The summed E-state index contributed by atoms with van der Waals surface area (Å²) in [6.45, 7) is 4.61. The zero-order chi connectivity index (χ0) is 15.8. The summed E-state index contributed by atoms with van der Waals surface area (Å²) < 4.78 is 5.44. The fourth-order valence-corrected chi connectivity index (χ4v) is 4.41. The quantitative estimate of drug-likeness (QED) is 0.839. The SMILES string of the molecule is COC1CCC(C)(CNC(=O)N2CC(N)C3(CCC3)C2)CC1. The van der Waals surface area contributed by atoms with Crippen LogP contribution in [-0.4, -0.2) is 49.8 Å². The van der Waals surface area contributed by atoms with Crippen LogP contribution in [0.3, 0.4) is 0 Å². The molecule has 0 aromatic rings. The van der Waals surface area contributed by atoms with Crippen molar-refractivity contribution in [1.82, 2.24) is 10.2 Å². The van der Waals surface area contributed by atoms with Gasteiger partial charge in [-0.1, -0.05) is 13.3 Å². The van der Waals surface area contributed by atoms with Gasteiger partial charge in [-0.05, 0) is 43.9 Å². The summed E-state index contributed by atoms with van der Waals surface area (Å²) in [5, 5.41) is 3.16. The molecular formula is C17H31N3O2. The van der Waals surface area contributed by atoms with Crippen LogP contribution in [0.5, 0.6) is 0 Å². The Bertz CT molecular complexity index is 414. The lowest BCUT2D eigenvalue weighted by molar-refractivity contribution is 0.0329. The average Bonchev–Trinajstić information content (AvgIpc) is 2.84. The highest BCUT2D eigenvalue weighted by molar-refractivity contribution is 5.74. The van der Waals surface area contributed by atoms with Gasteiger partial charge in [0.2, 0.25) is 0 Å². The molecule has 2 aliphatic carbocycles. The second kappa shape index (κ2) is 6.00. The van der Waals surface area contributed by atoms with Gasteiger partial charge >= 0.3 is 6.03 Å². The van der Waals surface area contributed by atoms with Crippen LogP contribution in [0.2, 0.25) is 0 Å². The van der Waals surface area contributed by atoms with Gasteiger partial charge in [0.25, 0.3) is 0 Å². The topological polar surface area (TPSA) is 67.6 Å². The maximum absolute atomic E-state index is 12.5. The lowest BCUT2D eigenvalue weighted by Gasteiger charge is -2.41. The molecule has 22 heavy (non-hydrogen) atoms. The van der Waals surface area contributed by atoms with Crippen molar-refractivity contribution in [2.45, 2.75) is 64.0 Å². The predicted molar refractivity (Wildman–Crippen MR) is 86.6 cm³/mol. The molecule has 0 radical (unpaired) electrons. The zero-order valence-corrected chi connectivity index (χ0v) is 14.1. The molecule has 1 aliphatic heterocycles. The third-order valence-electron chi connectivity index (χ3n) is 6.49. The number of ether oxygens (including phenoxy) is 1. The van der Waals surface area contributed by atoms with Crippen molar-refractivity contribution in [2.75, 3.05) is 26.7 Å². The maximum Gasteiger partial charge on any atom is 0.317 e. The van der Waals surface area contributed by atoms with Crippen molar-refractivity contribution in [2.24, 2.45) is 16.6 Å². The molecule has 3 fully saturated rings. The van der Waals surface area contributed by atoms with Crippen molar-refractivity contribution in [3.63, 3.8) is 0 Å². The molecule has 0 aromatic carbocycles. The first-order valence-electron chi connectivity index (χ1n) is 8.78. The lowest BCUT2D eigenvalue weighted by atomic mass is 9.66. The van der Waals surface area contributed by atoms with E-state index < -0.39 is 0 Å². The number of rotatable bonds is 3. The third-order valence-corrected chi connectivity index (χ3v) is 6.49. The van der Waals surface area contributed by atoms with E-state index in [4.69, 9.17) is 10.5 Å². The molecule has 3 rings (SSSR count). The number of urea groups is 1. The Kier molecular flexibility index (Phi) is 4.38. The van der Waals surface area contributed by atoms with Gasteiger partial charge in [-0.3, -0.25) is 0 Å². The van der Waals surface area contributed by atoms with Crippen molar-refractivity contribution in [3.8, 4) is 0 Å². The first-order valence-corrected chi connectivity index (χ1v) is 8.78. The fourth-order valence-electron chi connectivity index (χ4n) is 4.41. The molecule has 2 saturated carbocycles. The summed E-state index contributed by atoms with van der Waals surface area (Å²) in [7, 11) is 1.79. The molecule has 5 nitrogen and oxygen atoms in total. The summed E-state index contributed by atoms with van der Waals surface area (Å²) in [5.41, 5.74) is 6.71. The Morgan fingerprint density at radius 3 is 2.50 bits per heavy atom. The molecule has 1 unspecified atom stereocenters. The maximum atomic E-state index is 12.5. The lowest BCUT2D eigenvalue weighted by Crippen LogP contribution is -2.46. The monoisotopic (exact) mass is 309 g/mol. The van der Waals surface area contributed by atoms with Crippen LogP contribution in [0.25, 0.3) is 0 Å². The van der Waals surface area contributed by atoms with E-state index in [0.717, 1.165) is 38.8 Å². The third kappa shape index (κ3) is 2.98. The highest BCUT2D eigenvalue weighted by atomic mass is 16.5. The molecule has 0 bridgehead atoms. The fraction of sp³-hybridized carbons (Fsp3) is 0.941. The molecule has 1 atom stereocenters. The first kappa shape index (κ1) is 16.1. The van der Waals surface area contributed by atoms with Crippen molar-refractivity contribution < 1.29 is 9.53 Å². The van der Waals surface area contributed by atoms with Crippen molar-refractivity contribution >= 4 is 6.03 Å². The highest BCUT2D eigenvalue weighted by Crippen LogP contribution is 2.47. The second-order valence-corrected chi connectivity index (χ2v) is 8.11. The molecular weight excluding hydrogens is 278 g/mol. The minimum atomic E-state index is 0.0781. The van der Waals surface area contributed by atoms with Gasteiger partial charge in [0.05, 0.1) is 6.10 Å². The smallest absolute Gasteiger partial charge is 0.317 e. The van der Waals surface area contributed by atoms with Crippen LogP contribution >= 0.6 is 0 Å². The largest absolute Gasteiger partial charge is 0.381 e. The van der Waals surface area contributed by atoms with E-state index in [1.165, 1.54) is 19.3 Å². The Balaban J connectivity index is 1.47. The van der Waals surface area contributed by atoms with Gasteiger partial charge in [0, 0.05) is 38.2 Å². The normalized spacial score (nSPS) is 37.1. The van der Waals surface area contributed by atoms with Crippen LogP contribution in [0, 0.1) is 10.8 Å². The van der Waals surface area contributed by atoms with E-state index >= 15 is 0 Å². The van der Waals surface area contributed by atoms with E-state index in [1.54, 1.807) is 7.11 Å². The molecule has 2 amide bonds. The van der Waals surface area contributed by atoms with E-state index in [0.29, 0.717) is 12.6 Å². The van der Waals surface area contributed by atoms with Crippen LogP contribution in [0.15, 0.2) is 0 Å². The minimum Gasteiger partial charge on any atom is -0.381 e. The van der Waals surface area contributed by atoms with E-state index in [2.05, 4.69) is 12.2 Å². The van der Waals surface area contributed by atoms with Gasteiger partial charge in [-0.2, -0.15) is 0 Å². The van der Waals surface area contributed by atoms with Crippen LogP contribution in [-0.2, 0) is 4.74 Å². The molecule has 1 spiro atoms. The Morgan fingerprint density at radius 1 is 1.32 bits per heavy atom. The van der Waals surface area contributed by atoms with E-state index in [1.807, 2.05) is 4.90 Å². The number of amides is 2. The average molecular weight is 309 g/mol. The first-order chi connectivity index (χ1) is 10.5. The van der Waals surface area contributed by atoms with Crippen LogP contribution < -0.4 is 11.1 Å². The number of hydrogen-bond acceptors (Lipinski definition) is 3. The Hall–Kier alpha value is -0.810. The molecule has 3 aliphatic rings. The number of carbonyl (C=O) groups is 1. The molecule has 126 valence electrons. The van der Waals surface area contributed by atoms with Gasteiger partial charge in [0.15, 0.2) is 0 Å². The summed E-state index contributed by atoms with van der Waals surface area (Å²) in [5.74, 6) is 0. The van der Waals surface area contributed by atoms with Crippen molar-refractivity contribution in [1.29, 1.82) is 0 Å². The summed E-state index contributed by atoms with van der Waals surface area (Å²) in [6.07, 6.45) is 8.48. The number of nitrogens with two attached hydrogens (primary N) is 1. The van der Waals surface area contributed by atoms with Gasteiger partial charge in [-0.25, -0.2) is 4.79 Å². The van der Waals surface area contributed by atoms with E-state index in [-0.39, 0.29) is 22.9 Å². The number of hydrogen-bond donors (Lipinski definition) is 2. The molecule has 1 saturated heterocycles. The summed E-state index contributed by atoms with van der Waals surface area (Å²) >= 11 is 0. The van der Waals surface area contributed by atoms with Crippen LogP contribution in [0.4, 0.5) is 4.79 Å². The summed E-state index contributed by atoms with van der Waals surface area (Å²) in [6, 6.07) is 0.244. The molecule has 0 aromatic heterocycles. The number of nitrogens with one attached hydrogen (secondary N) is 1. The van der Waals surface area contributed by atoms with Crippen molar-refractivity contribution in [3.05, 3.63) is 0 Å². The Labute approximate surface area is 133 Å². The number of methoxy groups -OCH3 is 1. The number of carbonyl (C=O) groups excluding carboxylic acids is 1. The predicted octanol–water partition coefficient (Wildman–Crippen LogP) is 2.10. The minimum absolute atomic E-state index is 0.0781. The Morgan fingerprint density at radius 2 is 2.00 bits per heavy atom. The number of nitrogens with zero attached hydrogens (tertiary/aromatic N) is 1. The van der Waals surface area contributed by atoms with Gasteiger partial charge in [0.1, 0.15) is 0 Å². The zero-order valence-electron chi connectivity index (χ0n) is 14.1. The second-order valence-electron chi connectivity index (χ2n) is 8.11. The number of likely N-dealkylation sites (tertiary alicyclic amines) is 1. The highest BCUT2D eigenvalue weighted by Gasteiger charge is 2.50.